The van der Waals surface area contributed by atoms with Gasteiger partial charge in [0.15, 0.2) is 4.67 Å². The second-order valence-electron chi connectivity index (χ2n) is 3.84. The zero-order chi connectivity index (χ0) is 11.5. The summed E-state index contributed by atoms with van der Waals surface area (Å²) in [4.78, 5) is 11.6. The smallest absolute Gasteiger partial charge is 0.254 e. The van der Waals surface area contributed by atoms with Crippen LogP contribution >= 0.6 is 15.9 Å². The summed E-state index contributed by atoms with van der Waals surface area (Å²) in [5.41, 5.74) is 0.479. The van der Waals surface area contributed by atoms with Crippen molar-refractivity contribution in [3.05, 3.63) is 22.6 Å². The SMILES string of the molecule is O=C(NCC1CNCC1O)c1coc(Br)c1. The molecule has 0 saturated carbocycles. The van der Waals surface area contributed by atoms with E-state index in [1.807, 2.05) is 0 Å². The Morgan fingerprint density at radius 3 is 3.06 bits per heavy atom. The molecule has 1 fully saturated rings. The Labute approximate surface area is 101 Å². The van der Waals surface area contributed by atoms with Crippen LogP contribution in [0.25, 0.3) is 0 Å². The molecule has 1 aromatic rings. The van der Waals surface area contributed by atoms with Gasteiger partial charge in [-0.3, -0.25) is 4.79 Å². The van der Waals surface area contributed by atoms with Crippen molar-refractivity contribution in [2.45, 2.75) is 6.10 Å². The van der Waals surface area contributed by atoms with E-state index in [0.717, 1.165) is 6.54 Å². The van der Waals surface area contributed by atoms with E-state index in [9.17, 15) is 9.90 Å². The molecule has 1 saturated heterocycles. The average Bonchev–Trinajstić information content (AvgIpc) is 2.84. The Hall–Kier alpha value is -0.850. The average molecular weight is 289 g/mol. The fourth-order valence-corrected chi connectivity index (χ4v) is 2.02. The topological polar surface area (TPSA) is 74.5 Å². The highest BCUT2D eigenvalue weighted by Gasteiger charge is 2.25. The standard InChI is InChI=1S/C10H13BrN2O3/c11-9-1-6(5-16-9)10(15)13-3-7-2-12-4-8(7)14/h1,5,7-8,12,14H,2-4H2,(H,13,15). The van der Waals surface area contributed by atoms with Gasteiger partial charge in [-0.15, -0.1) is 0 Å². The van der Waals surface area contributed by atoms with Gasteiger partial charge in [-0.1, -0.05) is 0 Å². The van der Waals surface area contributed by atoms with Gasteiger partial charge in [0.25, 0.3) is 5.91 Å². The second kappa shape index (κ2) is 4.99. The van der Waals surface area contributed by atoms with Crippen LogP contribution in [0.15, 0.2) is 21.4 Å². The van der Waals surface area contributed by atoms with Gasteiger partial charge in [0.05, 0.1) is 11.7 Å². The number of rotatable bonds is 3. The molecule has 2 unspecified atom stereocenters. The third-order valence-electron chi connectivity index (χ3n) is 2.66. The first kappa shape index (κ1) is 11.6. The summed E-state index contributed by atoms with van der Waals surface area (Å²) in [5, 5.41) is 15.4. The Balaban J connectivity index is 1.84. The molecule has 0 spiro atoms. The fraction of sp³-hybridized carbons (Fsp3) is 0.500. The first-order valence-electron chi connectivity index (χ1n) is 5.08. The number of aliphatic hydroxyl groups is 1. The van der Waals surface area contributed by atoms with Crippen LogP contribution in [0.4, 0.5) is 0 Å². The highest BCUT2D eigenvalue weighted by Crippen LogP contribution is 2.14. The summed E-state index contributed by atoms with van der Waals surface area (Å²) >= 11 is 3.13. The molecule has 3 N–H and O–H groups in total. The molecule has 0 bridgehead atoms. The normalized spacial score (nSPS) is 24.6. The molecule has 1 amide bonds. The van der Waals surface area contributed by atoms with Crippen molar-refractivity contribution in [1.82, 2.24) is 10.6 Å². The number of halogens is 1. The molecular weight excluding hydrogens is 276 g/mol. The summed E-state index contributed by atoms with van der Waals surface area (Å²) in [6, 6.07) is 1.61. The molecule has 16 heavy (non-hydrogen) atoms. The van der Waals surface area contributed by atoms with Crippen LogP contribution in [0.1, 0.15) is 10.4 Å². The van der Waals surface area contributed by atoms with Crippen molar-refractivity contribution < 1.29 is 14.3 Å². The van der Waals surface area contributed by atoms with Gasteiger partial charge in [-0.25, -0.2) is 0 Å². The van der Waals surface area contributed by atoms with Crippen molar-refractivity contribution in [3.63, 3.8) is 0 Å². The van der Waals surface area contributed by atoms with E-state index in [1.54, 1.807) is 6.07 Å². The number of amides is 1. The van der Waals surface area contributed by atoms with Crippen LogP contribution in [-0.4, -0.2) is 36.8 Å². The lowest BCUT2D eigenvalue weighted by molar-refractivity contribution is 0.0926. The molecule has 0 aliphatic carbocycles. The zero-order valence-corrected chi connectivity index (χ0v) is 10.2. The summed E-state index contributed by atoms with van der Waals surface area (Å²) < 4.78 is 5.50. The first-order chi connectivity index (χ1) is 7.66. The van der Waals surface area contributed by atoms with Crippen molar-refractivity contribution in [2.75, 3.05) is 19.6 Å². The number of nitrogens with one attached hydrogen (secondary N) is 2. The Kier molecular flexibility index (Phi) is 3.63. The van der Waals surface area contributed by atoms with Crippen molar-refractivity contribution in [1.29, 1.82) is 0 Å². The highest BCUT2D eigenvalue weighted by molar-refractivity contribution is 9.10. The Bertz CT molecular complexity index is 380. The number of carbonyl (C=O) groups is 1. The van der Waals surface area contributed by atoms with Gasteiger partial charge in [0.1, 0.15) is 6.26 Å². The van der Waals surface area contributed by atoms with Gasteiger partial charge in [0, 0.05) is 31.6 Å². The van der Waals surface area contributed by atoms with Gasteiger partial charge in [0.2, 0.25) is 0 Å². The number of hydrogen-bond donors (Lipinski definition) is 3. The van der Waals surface area contributed by atoms with Crippen LogP contribution in [0.2, 0.25) is 0 Å². The van der Waals surface area contributed by atoms with Gasteiger partial charge in [-0.05, 0) is 15.9 Å². The minimum atomic E-state index is -0.378. The number of furan rings is 1. The predicted octanol–water partition coefficient (Wildman–Crippen LogP) is 0.352. The van der Waals surface area contributed by atoms with Crippen LogP contribution in [0, 0.1) is 5.92 Å². The summed E-state index contributed by atoms with van der Waals surface area (Å²) in [5.74, 6) is -0.104. The van der Waals surface area contributed by atoms with Crippen LogP contribution in [0.5, 0.6) is 0 Å². The third kappa shape index (κ3) is 2.63. The molecular formula is C10H13BrN2O3. The lowest BCUT2D eigenvalue weighted by Gasteiger charge is -2.13. The monoisotopic (exact) mass is 288 g/mol. The largest absolute Gasteiger partial charge is 0.457 e. The molecule has 0 radical (unpaired) electrons. The van der Waals surface area contributed by atoms with Gasteiger partial charge in [-0.2, -0.15) is 0 Å². The number of aliphatic hydroxyl groups excluding tert-OH is 1. The van der Waals surface area contributed by atoms with Gasteiger partial charge < -0.3 is 20.2 Å². The highest BCUT2D eigenvalue weighted by atomic mass is 79.9. The van der Waals surface area contributed by atoms with Crippen molar-refractivity contribution in [3.8, 4) is 0 Å². The molecule has 88 valence electrons. The molecule has 1 aliphatic rings. The zero-order valence-electron chi connectivity index (χ0n) is 8.57. The molecule has 5 nitrogen and oxygen atoms in total. The first-order valence-corrected chi connectivity index (χ1v) is 5.87. The predicted molar refractivity (Wildman–Crippen MR) is 61.1 cm³/mol. The minimum Gasteiger partial charge on any atom is -0.457 e. The fourth-order valence-electron chi connectivity index (χ4n) is 1.68. The lowest BCUT2D eigenvalue weighted by atomic mass is 10.1. The number of β-amino-alcohol motifs (C(OH)–C–C–N with tert-alkyl or cyclic N) is 1. The summed E-state index contributed by atoms with van der Waals surface area (Å²) in [7, 11) is 0. The second-order valence-corrected chi connectivity index (χ2v) is 4.62. The van der Waals surface area contributed by atoms with E-state index in [2.05, 4.69) is 26.6 Å². The molecule has 6 heteroatoms. The Morgan fingerprint density at radius 2 is 2.50 bits per heavy atom. The minimum absolute atomic E-state index is 0.0827. The summed E-state index contributed by atoms with van der Waals surface area (Å²) in [6.07, 6.45) is 1.01. The van der Waals surface area contributed by atoms with Crippen molar-refractivity contribution in [2.24, 2.45) is 5.92 Å². The van der Waals surface area contributed by atoms with Crippen LogP contribution in [0.3, 0.4) is 0 Å². The third-order valence-corrected chi connectivity index (χ3v) is 3.07. The molecule has 1 aliphatic heterocycles. The maximum absolute atomic E-state index is 11.6. The van der Waals surface area contributed by atoms with E-state index < -0.39 is 0 Å². The lowest BCUT2D eigenvalue weighted by Crippen LogP contribution is -2.34. The number of carbonyl (C=O) groups excluding carboxylic acids is 1. The van der Waals surface area contributed by atoms with E-state index in [4.69, 9.17) is 4.42 Å². The molecule has 2 atom stereocenters. The van der Waals surface area contributed by atoms with Crippen LogP contribution < -0.4 is 10.6 Å². The van der Waals surface area contributed by atoms with E-state index in [-0.39, 0.29) is 17.9 Å². The molecule has 0 aromatic carbocycles. The maximum Gasteiger partial charge on any atom is 0.254 e. The van der Waals surface area contributed by atoms with E-state index in [0.29, 0.717) is 23.3 Å². The maximum atomic E-state index is 11.6. The summed E-state index contributed by atoms with van der Waals surface area (Å²) in [6.45, 7) is 1.80. The van der Waals surface area contributed by atoms with E-state index >= 15 is 0 Å². The molecule has 2 rings (SSSR count). The Morgan fingerprint density at radius 1 is 1.69 bits per heavy atom. The van der Waals surface area contributed by atoms with Crippen LogP contribution in [-0.2, 0) is 0 Å². The van der Waals surface area contributed by atoms with Gasteiger partial charge >= 0.3 is 0 Å². The molecule has 1 aromatic heterocycles. The van der Waals surface area contributed by atoms with E-state index in [1.165, 1.54) is 6.26 Å². The number of hydrogen-bond acceptors (Lipinski definition) is 4. The quantitative estimate of drug-likeness (QED) is 0.751. The molecule has 2 heterocycles. The van der Waals surface area contributed by atoms with Crippen molar-refractivity contribution >= 4 is 21.8 Å².